The zero-order chi connectivity index (χ0) is 18.1. The van der Waals surface area contributed by atoms with E-state index in [1.165, 1.54) is 31.5 Å². The number of nitrogens with one attached hydrogen (secondary N) is 2. The van der Waals surface area contributed by atoms with Gasteiger partial charge in [-0.3, -0.25) is 0 Å². The Morgan fingerprint density at radius 1 is 1.38 bits per heavy atom. The van der Waals surface area contributed by atoms with Crippen molar-refractivity contribution >= 4 is 29.9 Å². The second-order valence-electron chi connectivity index (χ2n) is 7.12. The minimum Gasteiger partial charge on any atom is -0.489 e. The summed E-state index contributed by atoms with van der Waals surface area (Å²) in [5.74, 6) is 2.49. The summed E-state index contributed by atoms with van der Waals surface area (Å²) < 4.78 is 5.96. The Morgan fingerprint density at radius 3 is 2.88 bits per heavy atom. The van der Waals surface area contributed by atoms with Crippen molar-refractivity contribution in [1.29, 1.82) is 0 Å². The standard InChI is InChI=1S/C20H34N4O.HI/c1-5-21-20(23-14-18-9-7-11-24(4)15-18)22-13-17(3)25-19-10-6-8-16(2)12-19;/h6,8,10,12,17-18H,5,7,9,11,13-15H2,1-4H3,(H2,21,22,23);1H. The molecule has 1 saturated heterocycles. The number of guanidine groups is 1. The molecule has 2 N–H and O–H groups in total. The Kier molecular flexibility index (Phi) is 11.0. The van der Waals surface area contributed by atoms with Crippen LogP contribution in [0, 0.1) is 12.8 Å². The highest BCUT2D eigenvalue weighted by atomic mass is 127. The molecule has 0 spiro atoms. The number of aryl methyl sites for hydroxylation is 1. The number of aliphatic imine (C=N–C) groups is 1. The summed E-state index contributed by atoms with van der Waals surface area (Å²) in [6.07, 6.45) is 2.62. The number of ether oxygens (including phenoxy) is 1. The molecule has 2 unspecified atom stereocenters. The van der Waals surface area contributed by atoms with Crippen LogP contribution in [0.25, 0.3) is 0 Å². The molecule has 0 bridgehead atoms. The normalized spacial score (nSPS) is 19.4. The molecule has 2 rings (SSSR count). The number of benzene rings is 1. The number of likely N-dealkylation sites (tertiary alicyclic amines) is 1. The molecule has 26 heavy (non-hydrogen) atoms. The topological polar surface area (TPSA) is 48.9 Å². The van der Waals surface area contributed by atoms with E-state index in [1.54, 1.807) is 0 Å². The molecule has 0 aliphatic carbocycles. The minimum atomic E-state index is 0. The zero-order valence-electron chi connectivity index (χ0n) is 16.6. The van der Waals surface area contributed by atoms with Crippen molar-refractivity contribution in [3.63, 3.8) is 0 Å². The van der Waals surface area contributed by atoms with Gasteiger partial charge in [0.2, 0.25) is 0 Å². The van der Waals surface area contributed by atoms with Crippen LogP contribution in [0.4, 0.5) is 0 Å². The van der Waals surface area contributed by atoms with Gasteiger partial charge in [-0.25, -0.2) is 4.99 Å². The van der Waals surface area contributed by atoms with Crippen LogP contribution in [-0.4, -0.2) is 56.7 Å². The molecule has 148 valence electrons. The average molecular weight is 474 g/mol. The summed E-state index contributed by atoms with van der Waals surface area (Å²) in [5, 5.41) is 6.83. The molecule has 1 heterocycles. The first-order chi connectivity index (χ1) is 12.1. The zero-order valence-corrected chi connectivity index (χ0v) is 19.0. The number of halogens is 1. The summed E-state index contributed by atoms with van der Waals surface area (Å²) in [6, 6.07) is 8.15. The highest BCUT2D eigenvalue weighted by molar-refractivity contribution is 14.0. The van der Waals surface area contributed by atoms with Crippen LogP contribution < -0.4 is 15.4 Å². The Hall–Kier alpha value is -1.02. The molecule has 1 aromatic rings. The van der Waals surface area contributed by atoms with Gasteiger partial charge in [-0.2, -0.15) is 0 Å². The van der Waals surface area contributed by atoms with Gasteiger partial charge in [-0.1, -0.05) is 12.1 Å². The Balaban J connectivity index is 0.00000338. The summed E-state index contributed by atoms with van der Waals surface area (Å²) in [7, 11) is 2.20. The van der Waals surface area contributed by atoms with Crippen LogP contribution in [0.15, 0.2) is 29.3 Å². The van der Waals surface area contributed by atoms with Crippen LogP contribution in [0.3, 0.4) is 0 Å². The van der Waals surface area contributed by atoms with E-state index in [-0.39, 0.29) is 30.1 Å². The molecule has 2 atom stereocenters. The maximum absolute atomic E-state index is 5.96. The molecular formula is C20H35IN4O. The molecule has 0 saturated carbocycles. The van der Waals surface area contributed by atoms with Gasteiger partial charge in [-0.05, 0) is 70.8 Å². The number of nitrogens with zero attached hydrogens (tertiary/aromatic N) is 2. The summed E-state index contributed by atoms with van der Waals surface area (Å²) >= 11 is 0. The lowest BCUT2D eigenvalue weighted by Gasteiger charge is -2.30. The molecule has 1 aromatic carbocycles. The van der Waals surface area contributed by atoms with Crippen molar-refractivity contribution < 1.29 is 4.74 Å². The largest absolute Gasteiger partial charge is 0.489 e. The molecule has 1 aliphatic rings. The highest BCUT2D eigenvalue weighted by Crippen LogP contribution is 2.15. The van der Waals surface area contributed by atoms with Gasteiger partial charge in [0.15, 0.2) is 5.96 Å². The fourth-order valence-electron chi connectivity index (χ4n) is 3.20. The van der Waals surface area contributed by atoms with Gasteiger partial charge in [0.05, 0.1) is 6.54 Å². The predicted molar refractivity (Wildman–Crippen MR) is 121 cm³/mol. The van der Waals surface area contributed by atoms with E-state index < -0.39 is 0 Å². The van der Waals surface area contributed by atoms with Crippen LogP contribution in [0.1, 0.15) is 32.3 Å². The third-order valence-electron chi connectivity index (χ3n) is 4.46. The van der Waals surface area contributed by atoms with Crippen LogP contribution in [0.5, 0.6) is 5.75 Å². The Morgan fingerprint density at radius 2 is 2.19 bits per heavy atom. The molecule has 0 aromatic heterocycles. The maximum atomic E-state index is 5.96. The molecule has 6 heteroatoms. The first-order valence-electron chi connectivity index (χ1n) is 9.51. The van der Waals surface area contributed by atoms with Gasteiger partial charge in [0.25, 0.3) is 0 Å². The molecule has 1 aliphatic heterocycles. The van der Waals surface area contributed by atoms with Gasteiger partial charge in [0.1, 0.15) is 11.9 Å². The average Bonchev–Trinajstić information content (AvgIpc) is 2.57. The molecule has 1 fully saturated rings. The van der Waals surface area contributed by atoms with Gasteiger partial charge in [-0.15, -0.1) is 24.0 Å². The van der Waals surface area contributed by atoms with E-state index in [0.717, 1.165) is 24.8 Å². The Bertz CT molecular complexity index is 552. The number of rotatable bonds is 7. The van der Waals surface area contributed by atoms with Gasteiger partial charge in [0, 0.05) is 19.6 Å². The third kappa shape index (κ3) is 8.58. The van der Waals surface area contributed by atoms with Crippen molar-refractivity contribution in [3.8, 4) is 5.75 Å². The fraction of sp³-hybridized carbons (Fsp3) is 0.650. The van der Waals surface area contributed by atoms with E-state index in [0.29, 0.717) is 12.5 Å². The van der Waals surface area contributed by atoms with E-state index in [4.69, 9.17) is 9.73 Å². The highest BCUT2D eigenvalue weighted by Gasteiger charge is 2.17. The van der Waals surface area contributed by atoms with Crippen molar-refractivity contribution in [2.45, 2.75) is 39.7 Å². The number of hydrogen-bond acceptors (Lipinski definition) is 3. The predicted octanol–water partition coefficient (Wildman–Crippen LogP) is 3.28. The number of hydrogen-bond donors (Lipinski definition) is 2. The van der Waals surface area contributed by atoms with Gasteiger partial charge >= 0.3 is 0 Å². The first-order valence-corrected chi connectivity index (χ1v) is 9.51. The molecule has 0 radical (unpaired) electrons. The van der Waals surface area contributed by atoms with E-state index in [2.05, 4.69) is 55.5 Å². The maximum Gasteiger partial charge on any atom is 0.191 e. The number of piperidine rings is 1. The monoisotopic (exact) mass is 474 g/mol. The van der Waals surface area contributed by atoms with Crippen molar-refractivity contribution in [2.24, 2.45) is 10.9 Å². The molecule has 0 amide bonds. The van der Waals surface area contributed by atoms with Crippen LogP contribution in [-0.2, 0) is 0 Å². The van der Waals surface area contributed by atoms with E-state index >= 15 is 0 Å². The lowest BCUT2D eigenvalue weighted by atomic mass is 9.99. The van der Waals surface area contributed by atoms with Crippen LogP contribution in [0.2, 0.25) is 0 Å². The summed E-state index contributed by atoms with van der Waals surface area (Å²) in [5.41, 5.74) is 1.21. The lowest BCUT2D eigenvalue weighted by molar-refractivity contribution is 0.210. The van der Waals surface area contributed by atoms with Crippen molar-refractivity contribution in [3.05, 3.63) is 29.8 Å². The molecule has 5 nitrogen and oxygen atoms in total. The molecular weight excluding hydrogens is 439 g/mol. The van der Waals surface area contributed by atoms with Crippen molar-refractivity contribution in [2.75, 3.05) is 39.8 Å². The summed E-state index contributed by atoms with van der Waals surface area (Å²) in [4.78, 5) is 7.11. The second-order valence-corrected chi connectivity index (χ2v) is 7.12. The SMILES string of the molecule is CCNC(=NCC(C)Oc1cccc(C)c1)NCC1CCCN(C)C1.I. The summed E-state index contributed by atoms with van der Waals surface area (Å²) in [6.45, 7) is 11.1. The van der Waals surface area contributed by atoms with E-state index in [9.17, 15) is 0 Å². The van der Waals surface area contributed by atoms with Gasteiger partial charge < -0.3 is 20.3 Å². The third-order valence-corrected chi connectivity index (χ3v) is 4.46. The minimum absolute atomic E-state index is 0. The second kappa shape index (κ2) is 12.4. The smallest absolute Gasteiger partial charge is 0.191 e. The lowest BCUT2D eigenvalue weighted by Crippen LogP contribution is -2.43. The quantitative estimate of drug-likeness (QED) is 0.362. The Labute approximate surface area is 176 Å². The first kappa shape index (κ1) is 23.0. The van der Waals surface area contributed by atoms with Crippen LogP contribution >= 0.6 is 24.0 Å². The van der Waals surface area contributed by atoms with Crippen molar-refractivity contribution in [1.82, 2.24) is 15.5 Å². The fourth-order valence-corrected chi connectivity index (χ4v) is 3.20. The van der Waals surface area contributed by atoms with E-state index in [1.807, 2.05) is 12.1 Å².